The van der Waals surface area contributed by atoms with Crippen molar-refractivity contribution < 1.29 is 9.36 Å². The van der Waals surface area contributed by atoms with E-state index in [-0.39, 0.29) is 6.61 Å². The Morgan fingerprint density at radius 1 is 1.32 bits per heavy atom. The highest BCUT2D eigenvalue weighted by molar-refractivity contribution is 7.12. The summed E-state index contributed by atoms with van der Waals surface area (Å²) >= 11 is 7.35. The average Bonchev–Trinajstić information content (AvgIpc) is 3.19. The molecule has 0 amide bonds. The van der Waals surface area contributed by atoms with E-state index < -0.39 is 0 Å². The third-order valence-corrected chi connectivity index (χ3v) is 3.99. The first-order valence-corrected chi connectivity index (χ1v) is 7.69. The van der Waals surface area contributed by atoms with Crippen LogP contribution in [0.1, 0.15) is 10.6 Å². The number of amidine groups is 1. The molecule has 0 unspecified atom stereocenters. The molecular weight excluding hydrogens is 322 g/mol. The molecule has 0 atom stereocenters. The predicted molar refractivity (Wildman–Crippen MR) is 86.8 cm³/mol. The number of hydrogen-bond acceptors (Lipinski definition) is 5. The van der Waals surface area contributed by atoms with Crippen molar-refractivity contribution in [1.29, 1.82) is 0 Å². The van der Waals surface area contributed by atoms with Gasteiger partial charge in [0.2, 0.25) is 0 Å². The Morgan fingerprint density at radius 3 is 2.86 bits per heavy atom. The van der Waals surface area contributed by atoms with E-state index >= 15 is 0 Å². The molecule has 1 aromatic carbocycles. The van der Waals surface area contributed by atoms with Crippen molar-refractivity contribution in [3.63, 3.8) is 0 Å². The zero-order valence-corrected chi connectivity index (χ0v) is 13.0. The van der Waals surface area contributed by atoms with E-state index in [4.69, 9.17) is 26.7 Å². The van der Waals surface area contributed by atoms with Crippen LogP contribution in [-0.2, 0) is 11.4 Å². The molecule has 0 radical (unpaired) electrons. The lowest BCUT2D eigenvalue weighted by Gasteiger charge is -1.97. The van der Waals surface area contributed by atoms with Crippen molar-refractivity contribution in [3.05, 3.63) is 63.5 Å². The van der Waals surface area contributed by atoms with Crippen LogP contribution >= 0.6 is 22.9 Å². The number of thiophene rings is 1. The van der Waals surface area contributed by atoms with Gasteiger partial charge in [-0.05, 0) is 23.6 Å². The summed E-state index contributed by atoms with van der Waals surface area (Å²) in [5.74, 6) is 0.903. The van der Waals surface area contributed by atoms with Crippen LogP contribution in [0.25, 0.3) is 11.3 Å². The van der Waals surface area contributed by atoms with Crippen molar-refractivity contribution in [1.82, 2.24) is 5.16 Å². The van der Waals surface area contributed by atoms with Gasteiger partial charge in [0.25, 0.3) is 0 Å². The second kappa shape index (κ2) is 6.64. The zero-order chi connectivity index (χ0) is 15.4. The molecule has 0 saturated heterocycles. The SMILES string of the molecule is N/C(=N/OCc1cc(-c2ccc(Cl)cc2)no1)c1cccs1. The van der Waals surface area contributed by atoms with Crippen molar-refractivity contribution in [2.24, 2.45) is 10.9 Å². The molecule has 0 spiro atoms. The molecule has 2 aromatic heterocycles. The number of oxime groups is 1. The van der Waals surface area contributed by atoms with Gasteiger partial charge in [-0.3, -0.25) is 0 Å². The molecule has 2 N–H and O–H groups in total. The summed E-state index contributed by atoms with van der Waals surface area (Å²) in [6.07, 6.45) is 0. The highest BCUT2D eigenvalue weighted by Gasteiger charge is 2.07. The fourth-order valence-electron chi connectivity index (χ4n) is 1.77. The predicted octanol–water partition coefficient (Wildman–Crippen LogP) is 3.89. The summed E-state index contributed by atoms with van der Waals surface area (Å²) in [6.45, 7) is 0.159. The molecule has 0 bridgehead atoms. The molecule has 0 aliphatic rings. The Bertz CT molecular complexity index is 766. The Labute approximate surface area is 135 Å². The Morgan fingerprint density at radius 2 is 2.14 bits per heavy atom. The van der Waals surface area contributed by atoms with Gasteiger partial charge in [0.15, 0.2) is 18.2 Å². The largest absolute Gasteiger partial charge is 0.386 e. The highest BCUT2D eigenvalue weighted by Crippen LogP contribution is 2.21. The van der Waals surface area contributed by atoms with E-state index in [1.54, 1.807) is 18.2 Å². The molecule has 112 valence electrons. The molecule has 2 heterocycles. The van der Waals surface area contributed by atoms with Crippen LogP contribution in [0.3, 0.4) is 0 Å². The Kier molecular flexibility index (Phi) is 4.41. The first-order chi connectivity index (χ1) is 10.7. The normalized spacial score (nSPS) is 11.6. The first-order valence-electron chi connectivity index (χ1n) is 6.43. The minimum Gasteiger partial charge on any atom is -0.386 e. The van der Waals surface area contributed by atoms with Crippen LogP contribution in [0.2, 0.25) is 5.02 Å². The number of nitrogens with zero attached hydrogens (tertiary/aromatic N) is 2. The standard InChI is InChI=1S/C15H12ClN3O2S/c16-11-5-3-10(4-6-11)13-8-12(21-18-13)9-20-19-15(17)14-2-1-7-22-14/h1-8H,9H2,(H2,17,19). The fourth-order valence-corrected chi connectivity index (χ4v) is 2.52. The molecule has 5 nitrogen and oxygen atoms in total. The molecule has 7 heteroatoms. The molecule has 0 fully saturated rings. The summed E-state index contributed by atoms with van der Waals surface area (Å²) in [7, 11) is 0. The van der Waals surface area contributed by atoms with E-state index in [2.05, 4.69) is 10.3 Å². The number of halogens is 1. The first kappa shape index (κ1) is 14.6. The molecule has 22 heavy (non-hydrogen) atoms. The topological polar surface area (TPSA) is 73.6 Å². The molecule has 0 aliphatic heterocycles. The minimum atomic E-state index is 0.159. The second-order valence-corrected chi connectivity index (χ2v) is 5.80. The number of nitrogens with two attached hydrogens (primary N) is 1. The van der Waals surface area contributed by atoms with Gasteiger partial charge < -0.3 is 15.1 Å². The van der Waals surface area contributed by atoms with Crippen molar-refractivity contribution in [2.45, 2.75) is 6.61 Å². The van der Waals surface area contributed by atoms with Gasteiger partial charge in [-0.25, -0.2) is 0 Å². The summed E-state index contributed by atoms with van der Waals surface area (Å²) in [5.41, 5.74) is 7.42. The van der Waals surface area contributed by atoms with Crippen LogP contribution in [0.5, 0.6) is 0 Å². The summed E-state index contributed by atoms with van der Waals surface area (Å²) in [5, 5.41) is 10.4. The number of aromatic nitrogens is 1. The van der Waals surface area contributed by atoms with Gasteiger partial charge in [-0.2, -0.15) is 0 Å². The van der Waals surface area contributed by atoms with Crippen LogP contribution < -0.4 is 5.73 Å². The molecule has 0 aliphatic carbocycles. The Balaban J connectivity index is 1.62. The second-order valence-electron chi connectivity index (χ2n) is 4.41. The molecule has 3 aromatic rings. The van der Waals surface area contributed by atoms with Crippen molar-refractivity contribution >= 4 is 28.8 Å². The van der Waals surface area contributed by atoms with Crippen LogP contribution in [0.15, 0.2) is 57.5 Å². The van der Waals surface area contributed by atoms with Crippen LogP contribution in [0, 0.1) is 0 Å². The molecule has 0 saturated carbocycles. The van der Waals surface area contributed by atoms with E-state index in [1.165, 1.54) is 11.3 Å². The number of benzene rings is 1. The van der Waals surface area contributed by atoms with Gasteiger partial charge in [-0.1, -0.05) is 40.1 Å². The maximum absolute atomic E-state index is 5.86. The quantitative estimate of drug-likeness (QED) is 0.436. The van der Waals surface area contributed by atoms with Crippen molar-refractivity contribution in [3.8, 4) is 11.3 Å². The van der Waals surface area contributed by atoms with Gasteiger partial charge in [0, 0.05) is 16.7 Å². The van der Waals surface area contributed by atoms with Gasteiger partial charge in [-0.15, -0.1) is 11.3 Å². The third-order valence-electron chi connectivity index (χ3n) is 2.84. The van der Waals surface area contributed by atoms with Gasteiger partial charge in [0.05, 0.1) is 4.88 Å². The maximum Gasteiger partial charge on any atom is 0.180 e. The summed E-state index contributed by atoms with van der Waals surface area (Å²) in [6, 6.07) is 12.9. The number of hydrogen-bond donors (Lipinski definition) is 1. The average molecular weight is 334 g/mol. The van der Waals surface area contributed by atoms with Crippen molar-refractivity contribution in [2.75, 3.05) is 0 Å². The van der Waals surface area contributed by atoms with Crippen LogP contribution in [-0.4, -0.2) is 11.0 Å². The maximum atomic E-state index is 5.86. The fraction of sp³-hybridized carbons (Fsp3) is 0.0667. The van der Waals surface area contributed by atoms with Gasteiger partial charge in [0.1, 0.15) is 5.69 Å². The van der Waals surface area contributed by atoms with Crippen LogP contribution in [0.4, 0.5) is 0 Å². The highest BCUT2D eigenvalue weighted by atomic mass is 35.5. The molecular formula is C15H12ClN3O2S. The monoisotopic (exact) mass is 333 g/mol. The lowest BCUT2D eigenvalue weighted by atomic mass is 10.1. The Hall–Kier alpha value is -2.31. The number of rotatable bonds is 5. The summed E-state index contributed by atoms with van der Waals surface area (Å²) < 4.78 is 5.21. The van der Waals surface area contributed by atoms with E-state index in [1.807, 2.05) is 29.6 Å². The van der Waals surface area contributed by atoms with E-state index in [0.29, 0.717) is 22.3 Å². The summed E-state index contributed by atoms with van der Waals surface area (Å²) in [4.78, 5) is 6.05. The van der Waals surface area contributed by atoms with Gasteiger partial charge >= 0.3 is 0 Å². The van der Waals surface area contributed by atoms with E-state index in [9.17, 15) is 0 Å². The third kappa shape index (κ3) is 3.47. The smallest absolute Gasteiger partial charge is 0.180 e. The lowest BCUT2D eigenvalue weighted by Crippen LogP contribution is -2.11. The minimum absolute atomic E-state index is 0.159. The molecule has 3 rings (SSSR count). The van der Waals surface area contributed by atoms with E-state index in [0.717, 1.165) is 10.4 Å². The zero-order valence-electron chi connectivity index (χ0n) is 11.4. The lowest BCUT2D eigenvalue weighted by molar-refractivity contribution is 0.109.